The van der Waals surface area contributed by atoms with E-state index in [0.717, 1.165) is 0 Å². The molecule has 5 N–H and O–H groups in total. The average Bonchev–Trinajstić information content (AvgIpc) is 2.42. The number of aliphatic hydroxyl groups is 5. The minimum atomic E-state index is -2.34. The maximum absolute atomic E-state index is 9.82. The van der Waals surface area contributed by atoms with Gasteiger partial charge in [0.2, 0.25) is 0 Å². The smallest absolute Gasteiger partial charge is 0.255 e. The van der Waals surface area contributed by atoms with Crippen LogP contribution in [0.4, 0.5) is 0 Å². The number of allylic oxidation sites excluding steroid dienone is 1. The van der Waals surface area contributed by atoms with E-state index in [0.29, 0.717) is 5.57 Å². The van der Waals surface area contributed by atoms with Gasteiger partial charge in [0.1, 0.15) is 18.3 Å². The molecule has 0 saturated carbocycles. The highest BCUT2D eigenvalue weighted by atomic mass is 16.7. The zero-order chi connectivity index (χ0) is 11.8. The SMILES string of the molecule is CC(C)=C(O)[C@@]1(O)O[C@@H](CO)[C@@H](O)[C@@H]1O. The van der Waals surface area contributed by atoms with Gasteiger partial charge >= 0.3 is 0 Å². The molecule has 1 saturated heterocycles. The van der Waals surface area contributed by atoms with Gasteiger partial charge in [-0.2, -0.15) is 0 Å². The second kappa shape index (κ2) is 4.07. The van der Waals surface area contributed by atoms with Crippen LogP contribution in [0.2, 0.25) is 0 Å². The number of hydrogen-bond acceptors (Lipinski definition) is 6. The molecule has 0 aromatic rings. The highest BCUT2D eigenvalue weighted by Gasteiger charge is 2.56. The predicted molar refractivity (Wildman–Crippen MR) is 49.9 cm³/mol. The molecule has 1 heterocycles. The summed E-state index contributed by atoms with van der Waals surface area (Å²) < 4.78 is 4.84. The monoisotopic (exact) mass is 220 g/mol. The third-order valence-electron chi connectivity index (χ3n) is 2.43. The molecule has 1 aliphatic heterocycles. The molecule has 4 atom stereocenters. The lowest BCUT2D eigenvalue weighted by molar-refractivity contribution is -0.221. The third-order valence-corrected chi connectivity index (χ3v) is 2.43. The molecule has 1 fully saturated rings. The largest absolute Gasteiger partial charge is 0.507 e. The van der Waals surface area contributed by atoms with Crippen LogP contribution in [-0.4, -0.2) is 56.2 Å². The Kier molecular flexibility index (Phi) is 3.37. The fraction of sp³-hybridized carbons (Fsp3) is 0.778. The Morgan fingerprint density at radius 2 is 1.87 bits per heavy atom. The van der Waals surface area contributed by atoms with Gasteiger partial charge in [-0.25, -0.2) is 0 Å². The molecule has 6 heteroatoms. The van der Waals surface area contributed by atoms with Gasteiger partial charge in [-0.1, -0.05) is 0 Å². The van der Waals surface area contributed by atoms with E-state index in [2.05, 4.69) is 0 Å². The van der Waals surface area contributed by atoms with Gasteiger partial charge in [0, 0.05) is 0 Å². The first kappa shape index (κ1) is 12.4. The van der Waals surface area contributed by atoms with Crippen LogP contribution >= 0.6 is 0 Å². The molecule has 0 aromatic heterocycles. The van der Waals surface area contributed by atoms with Crippen molar-refractivity contribution in [2.24, 2.45) is 0 Å². The quantitative estimate of drug-likeness (QED) is 0.368. The fourth-order valence-corrected chi connectivity index (χ4v) is 1.50. The van der Waals surface area contributed by atoms with Crippen LogP contribution in [0.15, 0.2) is 11.3 Å². The number of ether oxygens (including phenoxy) is 1. The van der Waals surface area contributed by atoms with Crippen molar-refractivity contribution in [3.63, 3.8) is 0 Å². The summed E-state index contributed by atoms with van der Waals surface area (Å²) in [6.07, 6.45) is -4.25. The summed E-state index contributed by atoms with van der Waals surface area (Å²) in [5.74, 6) is -2.89. The minimum Gasteiger partial charge on any atom is -0.507 e. The van der Waals surface area contributed by atoms with E-state index < -0.39 is 36.5 Å². The van der Waals surface area contributed by atoms with E-state index in [1.165, 1.54) is 13.8 Å². The van der Waals surface area contributed by atoms with Crippen LogP contribution in [0, 0.1) is 0 Å². The summed E-state index contributed by atoms with van der Waals surface area (Å²) in [7, 11) is 0. The van der Waals surface area contributed by atoms with Crippen molar-refractivity contribution < 1.29 is 30.3 Å². The van der Waals surface area contributed by atoms with E-state index >= 15 is 0 Å². The van der Waals surface area contributed by atoms with Crippen LogP contribution in [-0.2, 0) is 4.74 Å². The van der Waals surface area contributed by atoms with E-state index in [1.54, 1.807) is 0 Å². The van der Waals surface area contributed by atoms with Crippen molar-refractivity contribution in [1.82, 2.24) is 0 Å². The normalized spacial score (nSPS) is 40.5. The first-order valence-corrected chi connectivity index (χ1v) is 4.58. The lowest BCUT2D eigenvalue weighted by Crippen LogP contribution is -2.45. The molecule has 0 amide bonds. The van der Waals surface area contributed by atoms with Gasteiger partial charge in [0.05, 0.1) is 6.61 Å². The van der Waals surface area contributed by atoms with Gasteiger partial charge in [-0.15, -0.1) is 0 Å². The first-order valence-electron chi connectivity index (χ1n) is 4.58. The Bertz CT molecular complexity index is 272. The van der Waals surface area contributed by atoms with Crippen molar-refractivity contribution >= 4 is 0 Å². The zero-order valence-electron chi connectivity index (χ0n) is 8.58. The van der Waals surface area contributed by atoms with Crippen LogP contribution in [0.1, 0.15) is 13.8 Å². The topological polar surface area (TPSA) is 110 Å². The predicted octanol–water partition coefficient (Wildman–Crippen LogP) is -1.36. The molecule has 0 spiro atoms. The molecule has 6 nitrogen and oxygen atoms in total. The minimum absolute atomic E-state index is 0.349. The lowest BCUT2D eigenvalue weighted by atomic mass is 10.0. The lowest BCUT2D eigenvalue weighted by Gasteiger charge is -2.25. The zero-order valence-corrected chi connectivity index (χ0v) is 8.58. The van der Waals surface area contributed by atoms with Gasteiger partial charge < -0.3 is 30.3 Å². The summed E-state index contributed by atoms with van der Waals surface area (Å²) in [4.78, 5) is 0. The first-order chi connectivity index (χ1) is 6.84. The maximum Gasteiger partial charge on any atom is 0.255 e. The summed E-state index contributed by atoms with van der Waals surface area (Å²) in [6, 6.07) is 0. The molecule has 0 unspecified atom stereocenters. The van der Waals surface area contributed by atoms with Crippen molar-refractivity contribution in [3.05, 3.63) is 11.3 Å². The van der Waals surface area contributed by atoms with Crippen LogP contribution in [0.25, 0.3) is 0 Å². The van der Waals surface area contributed by atoms with E-state index in [-0.39, 0.29) is 0 Å². The standard InChI is InChI=1S/C9H16O6/c1-4(2)7(12)9(14)8(13)6(11)5(3-10)15-9/h5-6,8,10-14H,3H2,1-2H3/t5-,6+,8-,9+/m0/s1. The molecular weight excluding hydrogens is 204 g/mol. The Labute approximate surface area is 87.0 Å². The molecule has 1 aliphatic rings. The van der Waals surface area contributed by atoms with Gasteiger partial charge in [-0.3, -0.25) is 0 Å². The second-order valence-electron chi connectivity index (χ2n) is 3.82. The molecular formula is C9H16O6. The van der Waals surface area contributed by atoms with Crippen LogP contribution in [0.5, 0.6) is 0 Å². The molecule has 0 bridgehead atoms. The third kappa shape index (κ3) is 1.86. The molecule has 88 valence electrons. The van der Waals surface area contributed by atoms with Gasteiger partial charge in [0.15, 0.2) is 5.76 Å². The Morgan fingerprint density at radius 1 is 1.33 bits per heavy atom. The summed E-state index contributed by atoms with van der Waals surface area (Å²) in [5.41, 5.74) is 0.349. The van der Waals surface area contributed by atoms with E-state index in [9.17, 15) is 20.4 Å². The molecule has 0 aliphatic carbocycles. The molecule has 0 aromatic carbocycles. The number of hydrogen-bond donors (Lipinski definition) is 5. The highest BCUT2D eigenvalue weighted by molar-refractivity contribution is 5.17. The van der Waals surface area contributed by atoms with E-state index in [4.69, 9.17) is 9.84 Å². The summed E-state index contributed by atoms with van der Waals surface area (Å²) in [5, 5.41) is 47.1. The number of aliphatic hydroxyl groups excluding tert-OH is 4. The summed E-state index contributed by atoms with van der Waals surface area (Å²) >= 11 is 0. The van der Waals surface area contributed by atoms with Crippen molar-refractivity contribution in [1.29, 1.82) is 0 Å². The fourth-order valence-electron chi connectivity index (χ4n) is 1.50. The maximum atomic E-state index is 9.82. The van der Waals surface area contributed by atoms with Crippen molar-refractivity contribution in [2.75, 3.05) is 6.61 Å². The molecule has 0 radical (unpaired) electrons. The Balaban J connectivity index is 3.02. The Morgan fingerprint density at radius 3 is 2.20 bits per heavy atom. The van der Waals surface area contributed by atoms with Gasteiger partial charge in [0.25, 0.3) is 5.79 Å². The average molecular weight is 220 g/mol. The Hall–Kier alpha value is -0.660. The van der Waals surface area contributed by atoms with Crippen molar-refractivity contribution in [2.45, 2.75) is 37.9 Å². The molecule has 15 heavy (non-hydrogen) atoms. The van der Waals surface area contributed by atoms with Crippen molar-refractivity contribution in [3.8, 4) is 0 Å². The second-order valence-corrected chi connectivity index (χ2v) is 3.82. The number of rotatable bonds is 2. The summed E-state index contributed by atoms with van der Waals surface area (Å²) in [6.45, 7) is 2.47. The molecule has 1 rings (SSSR count). The van der Waals surface area contributed by atoms with E-state index in [1.807, 2.05) is 0 Å². The van der Waals surface area contributed by atoms with Crippen LogP contribution in [0.3, 0.4) is 0 Å². The van der Waals surface area contributed by atoms with Crippen LogP contribution < -0.4 is 0 Å². The highest BCUT2D eigenvalue weighted by Crippen LogP contribution is 2.34. The van der Waals surface area contributed by atoms with Gasteiger partial charge in [-0.05, 0) is 19.4 Å².